The second-order valence-corrected chi connectivity index (χ2v) is 4.55. The van der Waals surface area contributed by atoms with Crippen LogP contribution in [-0.2, 0) is 0 Å². The number of non-ortho nitro benzene ring substituents is 1. The van der Waals surface area contributed by atoms with Crippen LogP contribution in [0.1, 0.15) is 5.56 Å². The molecule has 0 aromatic heterocycles. The number of nitrogens with zero attached hydrogens (tertiary/aromatic N) is 1. The first-order valence-corrected chi connectivity index (χ1v) is 6.43. The molecule has 0 saturated carbocycles. The highest BCUT2D eigenvalue weighted by Crippen LogP contribution is 2.19. The van der Waals surface area contributed by atoms with Crippen molar-refractivity contribution in [3.05, 3.63) is 64.0 Å². The van der Waals surface area contributed by atoms with Crippen molar-refractivity contribution in [2.45, 2.75) is 6.92 Å². The average Bonchev–Trinajstić information content (AvgIpc) is 2.43. The molecule has 0 saturated heterocycles. The molecule has 2 aromatic rings. The number of halogens is 1. The first kappa shape index (κ1) is 14.8. The summed E-state index contributed by atoms with van der Waals surface area (Å²) in [6.07, 6.45) is 0. The third-order valence-corrected chi connectivity index (χ3v) is 2.78. The standard InChI is InChI=1S/C15H15FN2O3/c1-11-3-2-4-15(7-11)21-6-5-17-13-8-12(16)9-14(10-13)18(19)20/h2-4,7-10,17H,5-6H2,1H3. The van der Waals surface area contributed by atoms with Crippen molar-refractivity contribution in [2.24, 2.45) is 0 Å². The molecule has 2 aromatic carbocycles. The van der Waals surface area contributed by atoms with Gasteiger partial charge in [0.25, 0.3) is 5.69 Å². The highest BCUT2D eigenvalue weighted by molar-refractivity contribution is 5.51. The fraction of sp³-hybridized carbons (Fsp3) is 0.200. The molecule has 1 N–H and O–H groups in total. The van der Waals surface area contributed by atoms with Gasteiger partial charge in [0, 0.05) is 18.3 Å². The Morgan fingerprint density at radius 1 is 1.29 bits per heavy atom. The SMILES string of the molecule is Cc1cccc(OCCNc2cc(F)cc([N+](=O)[O-])c2)c1. The molecule has 0 heterocycles. The van der Waals surface area contributed by atoms with Crippen LogP contribution in [-0.4, -0.2) is 18.1 Å². The predicted octanol–water partition coefficient (Wildman–Crippen LogP) is 3.53. The molecular formula is C15H15FN2O3. The predicted molar refractivity (Wildman–Crippen MR) is 78.2 cm³/mol. The lowest BCUT2D eigenvalue weighted by Crippen LogP contribution is -2.11. The minimum absolute atomic E-state index is 0.280. The highest BCUT2D eigenvalue weighted by Gasteiger charge is 2.09. The molecule has 5 nitrogen and oxygen atoms in total. The fourth-order valence-electron chi connectivity index (χ4n) is 1.85. The van der Waals surface area contributed by atoms with Gasteiger partial charge >= 0.3 is 0 Å². The van der Waals surface area contributed by atoms with E-state index in [4.69, 9.17) is 4.74 Å². The number of hydrogen-bond acceptors (Lipinski definition) is 4. The van der Waals surface area contributed by atoms with Gasteiger partial charge in [-0.2, -0.15) is 0 Å². The first-order valence-electron chi connectivity index (χ1n) is 6.43. The van der Waals surface area contributed by atoms with E-state index in [-0.39, 0.29) is 5.69 Å². The summed E-state index contributed by atoms with van der Waals surface area (Å²) >= 11 is 0. The van der Waals surface area contributed by atoms with Crippen molar-refractivity contribution in [1.29, 1.82) is 0 Å². The summed E-state index contributed by atoms with van der Waals surface area (Å²) in [5.74, 6) is 0.105. The lowest BCUT2D eigenvalue weighted by atomic mass is 10.2. The molecule has 0 aliphatic rings. The maximum atomic E-state index is 13.2. The summed E-state index contributed by atoms with van der Waals surface area (Å²) in [5.41, 5.74) is 1.17. The normalized spacial score (nSPS) is 10.2. The average molecular weight is 290 g/mol. The van der Waals surface area contributed by atoms with Crippen molar-refractivity contribution in [2.75, 3.05) is 18.5 Å². The van der Waals surface area contributed by atoms with E-state index in [1.165, 1.54) is 12.1 Å². The summed E-state index contributed by atoms with van der Waals surface area (Å²) in [4.78, 5) is 10.0. The number of ether oxygens (including phenoxy) is 1. The molecule has 0 aliphatic heterocycles. The van der Waals surface area contributed by atoms with Crippen molar-refractivity contribution >= 4 is 11.4 Å². The van der Waals surface area contributed by atoms with Crippen LogP contribution < -0.4 is 10.1 Å². The minimum atomic E-state index is -0.647. The molecule has 0 radical (unpaired) electrons. The molecule has 21 heavy (non-hydrogen) atoms. The number of nitrogens with one attached hydrogen (secondary N) is 1. The summed E-state index contributed by atoms with van der Waals surface area (Å²) in [6.45, 7) is 2.75. The number of hydrogen-bond donors (Lipinski definition) is 1. The zero-order chi connectivity index (χ0) is 15.2. The van der Waals surface area contributed by atoms with Crippen LogP contribution in [0, 0.1) is 22.9 Å². The van der Waals surface area contributed by atoms with E-state index in [9.17, 15) is 14.5 Å². The van der Waals surface area contributed by atoms with Gasteiger partial charge in [0.15, 0.2) is 0 Å². The van der Waals surface area contributed by atoms with Gasteiger partial charge in [0.05, 0.1) is 11.0 Å². The van der Waals surface area contributed by atoms with E-state index in [2.05, 4.69) is 5.32 Å². The molecule has 0 fully saturated rings. The maximum Gasteiger partial charge on any atom is 0.274 e. The lowest BCUT2D eigenvalue weighted by Gasteiger charge is -2.09. The van der Waals surface area contributed by atoms with Gasteiger partial charge in [-0.15, -0.1) is 0 Å². The first-order chi connectivity index (χ1) is 10.0. The molecule has 6 heteroatoms. The Kier molecular flexibility index (Phi) is 4.71. The van der Waals surface area contributed by atoms with Crippen LogP contribution in [0.2, 0.25) is 0 Å². The highest BCUT2D eigenvalue weighted by atomic mass is 19.1. The number of aryl methyl sites for hydroxylation is 1. The fourth-order valence-corrected chi connectivity index (χ4v) is 1.85. The minimum Gasteiger partial charge on any atom is -0.492 e. The zero-order valence-corrected chi connectivity index (χ0v) is 11.5. The topological polar surface area (TPSA) is 64.4 Å². The number of rotatable bonds is 6. The Hall–Kier alpha value is -2.63. The van der Waals surface area contributed by atoms with Crippen LogP contribution in [0.15, 0.2) is 42.5 Å². The van der Waals surface area contributed by atoms with E-state index < -0.39 is 10.7 Å². The third kappa shape index (κ3) is 4.45. The lowest BCUT2D eigenvalue weighted by molar-refractivity contribution is -0.385. The van der Waals surface area contributed by atoms with Crippen molar-refractivity contribution in [1.82, 2.24) is 0 Å². The van der Waals surface area contributed by atoms with Gasteiger partial charge in [-0.1, -0.05) is 12.1 Å². The van der Waals surface area contributed by atoms with Gasteiger partial charge in [-0.3, -0.25) is 10.1 Å². The molecule has 0 spiro atoms. The molecule has 0 atom stereocenters. The largest absolute Gasteiger partial charge is 0.492 e. The smallest absolute Gasteiger partial charge is 0.274 e. The Morgan fingerprint density at radius 2 is 2.10 bits per heavy atom. The maximum absolute atomic E-state index is 13.2. The molecule has 2 rings (SSSR count). The van der Waals surface area contributed by atoms with Crippen LogP contribution in [0.4, 0.5) is 15.8 Å². The summed E-state index contributed by atoms with van der Waals surface area (Å²) in [5, 5.41) is 13.5. The Labute approximate surface area is 121 Å². The molecule has 110 valence electrons. The van der Waals surface area contributed by atoms with Crippen molar-refractivity contribution < 1.29 is 14.1 Å². The number of nitro benzene ring substituents is 1. The van der Waals surface area contributed by atoms with Gasteiger partial charge < -0.3 is 10.1 Å². The van der Waals surface area contributed by atoms with Crippen LogP contribution in [0.3, 0.4) is 0 Å². The zero-order valence-electron chi connectivity index (χ0n) is 11.5. The van der Waals surface area contributed by atoms with E-state index in [1.807, 2.05) is 31.2 Å². The molecule has 0 aliphatic carbocycles. The van der Waals surface area contributed by atoms with Crippen LogP contribution >= 0.6 is 0 Å². The second-order valence-electron chi connectivity index (χ2n) is 4.55. The Balaban J connectivity index is 1.87. The van der Waals surface area contributed by atoms with Crippen molar-refractivity contribution in [3.8, 4) is 5.75 Å². The Bertz CT molecular complexity index is 647. The number of anilines is 1. The van der Waals surface area contributed by atoms with Gasteiger partial charge in [-0.05, 0) is 30.7 Å². The number of benzene rings is 2. The quantitative estimate of drug-likeness (QED) is 0.502. The molecule has 0 amide bonds. The van der Waals surface area contributed by atoms with E-state index in [1.54, 1.807) is 0 Å². The Morgan fingerprint density at radius 3 is 2.81 bits per heavy atom. The van der Waals surface area contributed by atoms with Gasteiger partial charge in [-0.25, -0.2) is 4.39 Å². The van der Waals surface area contributed by atoms with Crippen LogP contribution in [0.25, 0.3) is 0 Å². The molecule has 0 unspecified atom stereocenters. The van der Waals surface area contributed by atoms with Gasteiger partial charge in [0.1, 0.15) is 18.2 Å². The summed E-state index contributed by atoms with van der Waals surface area (Å²) < 4.78 is 18.8. The second kappa shape index (κ2) is 6.69. The van der Waals surface area contributed by atoms with E-state index >= 15 is 0 Å². The summed E-state index contributed by atoms with van der Waals surface area (Å²) in [7, 11) is 0. The molecular weight excluding hydrogens is 275 g/mol. The van der Waals surface area contributed by atoms with E-state index in [0.29, 0.717) is 18.8 Å². The van der Waals surface area contributed by atoms with Crippen LogP contribution in [0.5, 0.6) is 5.75 Å². The number of nitro groups is 1. The molecule has 0 bridgehead atoms. The summed E-state index contributed by atoms with van der Waals surface area (Å²) in [6, 6.07) is 11.0. The monoisotopic (exact) mass is 290 g/mol. The van der Waals surface area contributed by atoms with Crippen molar-refractivity contribution in [3.63, 3.8) is 0 Å². The van der Waals surface area contributed by atoms with Gasteiger partial charge in [0.2, 0.25) is 0 Å². The third-order valence-electron chi connectivity index (χ3n) is 2.78. The van der Waals surface area contributed by atoms with E-state index in [0.717, 1.165) is 17.4 Å².